The Hall–Kier alpha value is -1.89. The van der Waals surface area contributed by atoms with Gasteiger partial charge in [0, 0.05) is 16.6 Å². The number of rotatable bonds is 2. The number of hydrogen-bond acceptors (Lipinski definition) is 1. The first kappa shape index (κ1) is 14.5. The average molecular weight is 348 g/mol. The van der Waals surface area contributed by atoms with Crippen LogP contribution in [0.5, 0.6) is 0 Å². The van der Waals surface area contributed by atoms with E-state index in [0.717, 1.165) is 12.1 Å². The quantitative estimate of drug-likeness (QED) is 0.638. The molecule has 1 amide bonds. The summed E-state index contributed by atoms with van der Waals surface area (Å²) in [5, 5.41) is 1.92. The molecule has 0 saturated heterocycles. The first-order valence-corrected chi connectivity index (χ1v) is 6.08. The lowest BCUT2D eigenvalue weighted by Crippen LogP contribution is -2.15. The van der Waals surface area contributed by atoms with Gasteiger partial charge >= 0.3 is 0 Å². The van der Waals surface area contributed by atoms with Crippen LogP contribution in [0.4, 0.5) is 23.2 Å². The molecule has 0 fully saturated rings. The van der Waals surface area contributed by atoms with Crippen molar-refractivity contribution in [1.82, 2.24) is 0 Å². The van der Waals surface area contributed by atoms with E-state index in [1.807, 2.05) is 5.32 Å². The minimum Gasteiger partial charge on any atom is -0.319 e. The fourth-order valence-corrected chi connectivity index (χ4v) is 1.84. The number of nitrogens with one attached hydrogen (secondary N) is 1. The number of anilines is 1. The third-order valence-electron chi connectivity index (χ3n) is 2.42. The van der Waals surface area contributed by atoms with Crippen LogP contribution in [0, 0.1) is 23.3 Å². The van der Waals surface area contributed by atoms with E-state index in [4.69, 9.17) is 0 Å². The number of carbonyl (C=O) groups excluding carboxylic acids is 1. The number of halogens is 5. The van der Waals surface area contributed by atoms with Gasteiger partial charge in [-0.2, -0.15) is 0 Å². The van der Waals surface area contributed by atoms with Crippen molar-refractivity contribution in [2.75, 3.05) is 5.32 Å². The predicted octanol–water partition coefficient (Wildman–Crippen LogP) is 4.26. The second-order valence-corrected chi connectivity index (χ2v) is 4.74. The van der Waals surface area contributed by atoms with Gasteiger partial charge < -0.3 is 5.32 Å². The lowest BCUT2D eigenvalue weighted by molar-refractivity contribution is 0.102. The summed E-state index contributed by atoms with van der Waals surface area (Å²) in [5.41, 5.74) is -1.08. The molecular formula is C13H6BrF4NO. The molecule has 2 aromatic carbocycles. The van der Waals surface area contributed by atoms with Crippen LogP contribution in [0.15, 0.2) is 34.8 Å². The van der Waals surface area contributed by atoms with Gasteiger partial charge in [-0.25, -0.2) is 17.6 Å². The fraction of sp³-hybridized carbons (Fsp3) is 0. The Bertz CT molecular complexity index is 690. The van der Waals surface area contributed by atoms with Crippen molar-refractivity contribution in [2.45, 2.75) is 0 Å². The summed E-state index contributed by atoms with van der Waals surface area (Å²) in [6, 6.07) is 4.54. The highest BCUT2D eigenvalue weighted by molar-refractivity contribution is 9.10. The number of amides is 1. The highest BCUT2D eigenvalue weighted by Crippen LogP contribution is 2.21. The molecule has 0 radical (unpaired) electrons. The van der Waals surface area contributed by atoms with Crippen LogP contribution in [-0.2, 0) is 0 Å². The van der Waals surface area contributed by atoms with Gasteiger partial charge in [-0.3, -0.25) is 4.79 Å². The standard InChI is InChI=1S/C13H6BrF4NO/c14-6-1-2-8(9(16)3-6)13(20)19-11-5-7(15)4-10(17)12(11)18/h1-5H,(H,19,20). The Morgan fingerprint density at radius 2 is 1.70 bits per heavy atom. The molecule has 0 atom stereocenters. The van der Waals surface area contributed by atoms with E-state index in [0.29, 0.717) is 16.6 Å². The van der Waals surface area contributed by atoms with Crippen LogP contribution < -0.4 is 5.32 Å². The third kappa shape index (κ3) is 2.98. The fourth-order valence-electron chi connectivity index (χ4n) is 1.51. The van der Waals surface area contributed by atoms with E-state index < -0.39 is 34.9 Å². The Morgan fingerprint density at radius 1 is 1.00 bits per heavy atom. The highest BCUT2D eigenvalue weighted by atomic mass is 79.9. The van der Waals surface area contributed by atoms with Gasteiger partial charge in [-0.1, -0.05) is 15.9 Å². The van der Waals surface area contributed by atoms with Crippen LogP contribution in [-0.4, -0.2) is 5.91 Å². The molecule has 0 aliphatic carbocycles. The van der Waals surface area contributed by atoms with Crippen LogP contribution in [0.3, 0.4) is 0 Å². The summed E-state index contributed by atoms with van der Waals surface area (Å²) in [7, 11) is 0. The normalized spacial score (nSPS) is 10.4. The molecule has 104 valence electrons. The van der Waals surface area contributed by atoms with Crippen LogP contribution in [0.25, 0.3) is 0 Å². The van der Waals surface area contributed by atoms with Crippen molar-refractivity contribution in [3.8, 4) is 0 Å². The van der Waals surface area contributed by atoms with Gasteiger partial charge in [0.25, 0.3) is 5.91 Å². The van der Waals surface area contributed by atoms with Crippen LogP contribution in [0.2, 0.25) is 0 Å². The van der Waals surface area contributed by atoms with Gasteiger partial charge in [-0.15, -0.1) is 0 Å². The van der Waals surface area contributed by atoms with Crippen LogP contribution in [0.1, 0.15) is 10.4 Å². The van der Waals surface area contributed by atoms with E-state index >= 15 is 0 Å². The van der Waals surface area contributed by atoms with Crippen molar-refractivity contribution in [3.05, 3.63) is 63.6 Å². The minimum absolute atomic E-state index is 0.338. The number of hydrogen-bond donors (Lipinski definition) is 1. The monoisotopic (exact) mass is 347 g/mol. The molecule has 2 aromatic rings. The zero-order valence-electron chi connectivity index (χ0n) is 9.68. The van der Waals surface area contributed by atoms with E-state index in [2.05, 4.69) is 15.9 Å². The molecule has 0 aliphatic rings. The van der Waals surface area contributed by atoms with Crippen molar-refractivity contribution >= 4 is 27.5 Å². The van der Waals surface area contributed by atoms with Crippen molar-refractivity contribution < 1.29 is 22.4 Å². The second-order valence-electron chi connectivity index (χ2n) is 3.83. The minimum atomic E-state index is -1.45. The zero-order chi connectivity index (χ0) is 14.9. The molecule has 0 aliphatic heterocycles. The maximum Gasteiger partial charge on any atom is 0.258 e. The SMILES string of the molecule is O=C(Nc1cc(F)cc(F)c1F)c1ccc(Br)cc1F. The maximum atomic E-state index is 13.5. The Labute approximate surface area is 119 Å². The largest absolute Gasteiger partial charge is 0.319 e. The molecule has 0 bridgehead atoms. The summed E-state index contributed by atoms with van der Waals surface area (Å²) >= 11 is 3.01. The molecule has 0 unspecified atom stereocenters. The molecule has 2 rings (SSSR count). The lowest BCUT2D eigenvalue weighted by Gasteiger charge is -2.08. The van der Waals surface area contributed by atoms with Gasteiger partial charge in [0.1, 0.15) is 11.6 Å². The first-order valence-electron chi connectivity index (χ1n) is 5.29. The van der Waals surface area contributed by atoms with Crippen molar-refractivity contribution in [3.63, 3.8) is 0 Å². The summed E-state index contributed by atoms with van der Waals surface area (Å²) in [5.74, 6) is -5.79. The topological polar surface area (TPSA) is 29.1 Å². The zero-order valence-corrected chi connectivity index (χ0v) is 11.3. The molecule has 0 heterocycles. The number of benzene rings is 2. The molecule has 1 N–H and O–H groups in total. The van der Waals surface area contributed by atoms with Gasteiger partial charge in [0.2, 0.25) is 0 Å². The van der Waals surface area contributed by atoms with E-state index in [9.17, 15) is 22.4 Å². The maximum absolute atomic E-state index is 13.5. The van der Waals surface area contributed by atoms with Gasteiger partial charge in [0.15, 0.2) is 11.6 Å². The summed E-state index contributed by atoms with van der Waals surface area (Å²) in [4.78, 5) is 11.7. The molecule has 0 spiro atoms. The van der Waals surface area contributed by atoms with Crippen molar-refractivity contribution in [1.29, 1.82) is 0 Å². The summed E-state index contributed by atoms with van der Waals surface area (Å²) in [6.45, 7) is 0. The smallest absolute Gasteiger partial charge is 0.258 e. The van der Waals surface area contributed by atoms with Crippen LogP contribution >= 0.6 is 15.9 Å². The van der Waals surface area contributed by atoms with E-state index in [1.165, 1.54) is 6.07 Å². The van der Waals surface area contributed by atoms with Crippen molar-refractivity contribution in [2.24, 2.45) is 0 Å². The Kier molecular flexibility index (Phi) is 4.08. The van der Waals surface area contributed by atoms with E-state index in [1.54, 1.807) is 0 Å². The molecule has 7 heteroatoms. The predicted molar refractivity (Wildman–Crippen MR) is 68.4 cm³/mol. The molecule has 2 nitrogen and oxygen atoms in total. The molecular weight excluding hydrogens is 342 g/mol. The summed E-state index contributed by atoms with van der Waals surface area (Å²) in [6.07, 6.45) is 0. The van der Waals surface area contributed by atoms with Gasteiger partial charge in [-0.05, 0) is 18.2 Å². The highest BCUT2D eigenvalue weighted by Gasteiger charge is 2.17. The summed E-state index contributed by atoms with van der Waals surface area (Å²) < 4.78 is 53.2. The molecule has 20 heavy (non-hydrogen) atoms. The first-order chi connectivity index (χ1) is 9.38. The lowest BCUT2D eigenvalue weighted by atomic mass is 10.2. The Balaban J connectivity index is 2.32. The molecule has 0 saturated carbocycles. The third-order valence-corrected chi connectivity index (χ3v) is 2.91. The number of carbonyl (C=O) groups is 1. The Morgan fingerprint density at radius 3 is 2.35 bits per heavy atom. The van der Waals surface area contributed by atoms with Gasteiger partial charge in [0.05, 0.1) is 11.3 Å². The second kappa shape index (κ2) is 5.62. The molecule has 0 aromatic heterocycles. The average Bonchev–Trinajstić information content (AvgIpc) is 2.35. The van der Waals surface area contributed by atoms with E-state index in [-0.39, 0.29) is 5.56 Å².